The van der Waals surface area contributed by atoms with Crippen LogP contribution >= 0.6 is 50.5 Å². The van der Waals surface area contributed by atoms with Gasteiger partial charge in [-0.15, -0.1) is 0 Å². The molecule has 0 unspecified atom stereocenters. The molecule has 0 spiro atoms. The fourth-order valence-corrected chi connectivity index (χ4v) is 15.8. The largest absolute Gasteiger partial charge is 0.497 e. The van der Waals surface area contributed by atoms with Crippen LogP contribution in [0.15, 0.2) is 184 Å². The van der Waals surface area contributed by atoms with Crippen LogP contribution in [-0.4, -0.2) is 106 Å². The van der Waals surface area contributed by atoms with Crippen LogP contribution in [0.3, 0.4) is 0 Å². The lowest BCUT2D eigenvalue weighted by Crippen LogP contribution is -2.30. The van der Waals surface area contributed by atoms with Crippen molar-refractivity contribution in [2.24, 2.45) is 0 Å². The van der Waals surface area contributed by atoms with E-state index in [9.17, 15) is 34.8 Å². The van der Waals surface area contributed by atoms with Gasteiger partial charge in [0.1, 0.15) is 52.7 Å². The Morgan fingerprint density at radius 3 is 1.41 bits per heavy atom. The van der Waals surface area contributed by atoms with Crippen molar-refractivity contribution in [3.8, 4) is 23.0 Å². The van der Waals surface area contributed by atoms with Crippen LogP contribution in [0.5, 0.6) is 23.0 Å². The van der Waals surface area contributed by atoms with Crippen molar-refractivity contribution < 1.29 is 63.6 Å². The maximum atomic E-state index is 13.8. The van der Waals surface area contributed by atoms with Gasteiger partial charge in [-0.3, -0.25) is 0 Å². The van der Waals surface area contributed by atoms with Crippen LogP contribution in [0, 0.1) is 0 Å². The summed E-state index contributed by atoms with van der Waals surface area (Å²) in [7, 11) is -4.10. The standard InChI is InChI=1S/C23H21N3O6S2.C21H18BrN3O4S2.C14H10N2O4S2/c1-30-17-8-7-16(21(12-17)31-2)13-26(23-24-14-25-33-23)34(28,29)18-9-10-19-15(11-18)5-4-6-20(19)22(27)32-3;1-28-16-7-6-15(20(11-16)29-2)12-25(21-23-13-24-30-21)31(26,27)17-8-9-18-14(10-17)4-3-5-19(18)22;17-14(18)12-3-1-2-9-6-10(4-5-11(9)12)22(19,20)7-13-15-8-16-21-13/h4-12,14H,13H2,1-3H3;3-11,13H,12H2,1-2H3;1-6,8H,7H2,(H,17,18). The number of carbonyl (C=O) groups excluding carboxylic acids is 1. The molecule has 0 bridgehead atoms. The summed E-state index contributed by atoms with van der Waals surface area (Å²) in [6.07, 6.45) is 3.96. The van der Waals surface area contributed by atoms with E-state index in [0.29, 0.717) is 66.2 Å². The third-order valence-electron chi connectivity index (χ3n) is 13.1. The van der Waals surface area contributed by atoms with Gasteiger partial charge in [-0.1, -0.05) is 70.5 Å². The number of aromatic nitrogens is 6. The lowest BCUT2D eigenvalue weighted by Gasteiger charge is -2.23. The molecule has 0 saturated carbocycles. The molecule has 87 heavy (non-hydrogen) atoms. The van der Waals surface area contributed by atoms with Crippen molar-refractivity contribution in [3.05, 3.63) is 196 Å². The van der Waals surface area contributed by atoms with Crippen molar-refractivity contribution >= 4 is 135 Å². The molecule has 1 N–H and O–H groups in total. The number of ether oxygens (including phenoxy) is 5. The quantitative estimate of drug-likeness (QED) is 0.0736. The molecule has 3 heterocycles. The monoisotopic (exact) mass is 1350 g/mol. The van der Waals surface area contributed by atoms with Gasteiger partial charge in [0.25, 0.3) is 20.0 Å². The number of methoxy groups -OCH3 is 5. The van der Waals surface area contributed by atoms with Crippen molar-refractivity contribution in [2.75, 3.05) is 44.2 Å². The first-order chi connectivity index (χ1) is 41.8. The highest BCUT2D eigenvalue weighted by Crippen LogP contribution is 2.36. The Balaban J connectivity index is 0.000000159. The second-order valence-corrected chi connectivity index (χ2v) is 27.2. The number of hydrogen-bond donors (Lipinski definition) is 1. The van der Waals surface area contributed by atoms with E-state index in [0.717, 1.165) is 49.8 Å². The number of hydrogen-bond acceptors (Lipinski definition) is 22. The Hall–Kier alpha value is -8.71. The minimum atomic E-state index is -4.05. The molecule has 0 amide bonds. The Labute approximate surface area is 519 Å². The number of rotatable bonds is 19. The number of carboxylic acids is 1. The van der Waals surface area contributed by atoms with Gasteiger partial charge in [-0.2, -0.15) is 13.1 Å². The highest BCUT2D eigenvalue weighted by Gasteiger charge is 2.31. The van der Waals surface area contributed by atoms with E-state index in [4.69, 9.17) is 28.8 Å². The van der Waals surface area contributed by atoms with Crippen LogP contribution < -0.4 is 27.6 Å². The van der Waals surface area contributed by atoms with Crippen molar-refractivity contribution in [1.29, 1.82) is 0 Å². The summed E-state index contributed by atoms with van der Waals surface area (Å²) in [5.41, 5.74) is 1.79. The molecule has 11 rings (SSSR count). The Bertz CT molecular complexity index is 4640. The van der Waals surface area contributed by atoms with Crippen molar-refractivity contribution in [3.63, 3.8) is 0 Å². The third kappa shape index (κ3) is 14.1. The first-order valence-electron chi connectivity index (χ1n) is 25.3. The number of nitrogens with zero attached hydrogens (tertiary/aromatic N) is 8. The molecule has 3 aromatic heterocycles. The summed E-state index contributed by atoms with van der Waals surface area (Å²) >= 11 is 6.52. The molecule has 0 fully saturated rings. The maximum absolute atomic E-state index is 13.8. The Morgan fingerprint density at radius 2 is 0.954 bits per heavy atom. The summed E-state index contributed by atoms with van der Waals surface area (Å²) < 4.78 is 121. The molecular weight excluding hydrogens is 1300 g/mol. The summed E-state index contributed by atoms with van der Waals surface area (Å²) in [6.45, 7) is -0.00779. The molecule has 29 heteroatoms. The molecule has 11 aromatic rings. The van der Waals surface area contributed by atoms with Crippen LogP contribution in [0.1, 0.15) is 36.9 Å². The van der Waals surface area contributed by atoms with Gasteiger partial charge >= 0.3 is 11.9 Å². The molecule has 448 valence electrons. The second-order valence-electron chi connectivity index (χ2n) is 18.2. The Kier molecular flexibility index (Phi) is 19.7. The predicted octanol–water partition coefficient (Wildman–Crippen LogP) is 11.1. The molecule has 0 aliphatic rings. The fraction of sp³-hybridized carbons (Fsp3) is 0.138. The highest BCUT2D eigenvalue weighted by atomic mass is 79.9. The normalized spacial score (nSPS) is 11.4. The van der Waals surface area contributed by atoms with Crippen LogP contribution in [0.25, 0.3) is 32.3 Å². The molecule has 0 aliphatic heterocycles. The minimum Gasteiger partial charge on any atom is -0.497 e. The first kappa shape index (κ1) is 62.8. The van der Waals surface area contributed by atoms with E-state index in [2.05, 4.69) is 44.0 Å². The average Bonchev–Trinajstić information content (AvgIpc) is 1.76. The lowest BCUT2D eigenvalue weighted by atomic mass is 10.0. The number of sulfonamides is 2. The van der Waals surface area contributed by atoms with E-state index in [1.54, 1.807) is 98.1 Å². The molecular formula is C58H49BrN8O14S6. The van der Waals surface area contributed by atoms with Gasteiger partial charge in [-0.25, -0.2) is 58.4 Å². The molecule has 0 radical (unpaired) electrons. The third-order valence-corrected chi connectivity index (χ3v) is 21.4. The first-order valence-corrected chi connectivity index (χ1v) is 33.0. The van der Waals surface area contributed by atoms with Gasteiger partial charge in [0.05, 0.1) is 74.5 Å². The zero-order valence-electron chi connectivity index (χ0n) is 46.4. The van der Waals surface area contributed by atoms with E-state index >= 15 is 0 Å². The topological polar surface area (TPSA) is 287 Å². The maximum Gasteiger partial charge on any atom is 0.338 e. The van der Waals surface area contributed by atoms with E-state index in [1.807, 2.05) is 18.2 Å². The van der Waals surface area contributed by atoms with Crippen LogP contribution in [0.4, 0.5) is 10.3 Å². The Morgan fingerprint density at radius 1 is 0.506 bits per heavy atom. The zero-order valence-corrected chi connectivity index (χ0v) is 52.9. The van der Waals surface area contributed by atoms with Gasteiger partial charge in [0.2, 0.25) is 10.3 Å². The van der Waals surface area contributed by atoms with Gasteiger partial charge < -0.3 is 28.8 Å². The minimum absolute atomic E-state index is 0.0290. The molecule has 0 aliphatic carbocycles. The molecule has 0 saturated heterocycles. The number of fused-ring (bicyclic) bond motifs is 3. The van der Waals surface area contributed by atoms with Gasteiger partial charge in [0, 0.05) is 50.8 Å². The summed E-state index contributed by atoms with van der Waals surface area (Å²) in [5, 5.41) is 14.0. The van der Waals surface area contributed by atoms with Crippen LogP contribution in [-0.2, 0) is 53.5 Å². The van der Waals surface area contributed by atoms with Crippen molar-refractivity contribution in [1.82, 2.24) is 28.1 Å². The van der Waals surface area contributed by atoms with Gasteiger partial charge in [-0.05, 0) is 123 Å². The van der Waals surface area contributed by atoms with E-state index < -0.39 is 41.8 Å². The number of carboxylic acid groups (broad SMARTS) is 1. The van der Waals surface area contributed by atoms with Crippen molar-refractivity contribution in [2.45, 2.75) is 33.5 Å². The summed E-state index contributed by atoms with van der Waals surface area (Å²) in [6, 6.07) is 39.9. The number of halogens is 1. The highest BCUT2D eigenvalue weighted by molar-refractivity contribution is 9.10. The van der Waals surface area contributed by atoms with E-state index in [1.165, 1.54) is 92.4 Å². The molecule has 0 atom stereocenters. The van der Waals surface area contributed by atoms with Crippen LogP contribution in [0.2, 0.25) is 0 Å². The SMILES string of the molecule is COC(=O)c1cccc2cc(S(=O)(=O)N(Cc3ccc(OC)cc3OC)c3ncns3)ccc12.COc1ccc(CN(c2ncns2)S(=O)(=O)c2ccc3c(Br)cccc3c2)c(OC)c1.O=C(O)c1cccc2cc(S(=O)(=O)Cc3ncns3)ccc12. The smallest absolute Gasteiger partial charge is 0.338 e. The van der Waals surface area contributed by atoms with Gasteiger partial charge in [0.15, 0.2) is 9.84 Å². The number of esters is 1. The molecule has 8 aromatic carbocycles. The number of anilines is 2. The number of benzene rings is 8. The number of sulfone groups is 1. The number of carbonyl (C=O) groups is 2. The average molecular weight is 1350 g/mol. The van der Waals surface area contributed by atoms with E-state index in [-0.39, 0.29) is 49.4 Å². The number of aromatic carboxylic acids is 1. The fourth-order valence-electron chi connectivity index (χ4n) is 8.83. The summed E-state index contributed by atoms with van der Waals surface area (Å²) in [5.74, 6) is 0.435. The summed E-state index contributed by atoms with van der Waals surface area (Å²) in [4.78, 5) is 35.8. The molecule has 22 nitrogen and oxygen atoms in total. The lowest BCUT2D eigenvalue weighted by molar-refractivity contribution is 0.0602. The predicted molar refractivity (Wildman–Crippen MR) is 334 cm³/mol. The second kappa shape index (κ2) is 27.3. The zero-order chi connectivity index (χ0) is 62.0.